The van der Waals surface area contributed by atoms with E-state index < -0.39 is 6.04 Å². The van der Waals surface area contributed by atoms with Gasteiger partial charge in [0, 0.05) is 18.7 Å². The maximum atomic E-state index is 13.3. The van der Waals surface area contributed by atoms with Crippen LogP contribution in [0.2, 0.25) is 0 Å². The zero-order valence-electron chi connectivity index (χ0n) is 17.2. The smallest absolute Gasteiger partial charge is 0.265 e. The molecule has 8 nitrogen and oxygen atoms in total. The second kappa shape index (κ2) is 8.35. The second-order valence-corrected chi connectivity index (χ2v) is 8.52. The minimum Gasteiger partial charge on any atom is -0.337 e. The Hall–Kier alpha value is -3.07. The van der Waals surface area contributed by atoms with E-state index in [9.17, 15) is 9.59 Å². The highest BCUT2D eigenvalue weighted by molar-refractivity contribution is 7.13. The molecule has 9 heteroatoms. The molecule has 0 spiro atoms. The van der Waals surface area contributed by atoms with Gasteiger partial charge in [0.25, 0.3) is 17.7 Å². The number of carbonyl (C=O) groups is 2. The lowest BCUT2D eigenvalue weighted by Gasteiger charge is -2.29. The molecule has 0 bridgehead atoms. The number of carbonyl (C=O) groups excluding carboxylic acids is 2. The van der Waals surface area contributed by atoms with Gasteiger partial charge >= 0.3 is 0 Å². The van der Waals surface area contributed by atoms with Crippen LogP contribution in [-0.2, 0) is 0 Å². The third-order valence-corrected chi connectivity index (χ3v) is 6.15. The zero-order valence-corrected chi connectivity index (χ0v) is 18.0. The molecule has 4 rings (SSSR count). The summed E-state index contributed by atoms with van der Waals surface area (Å²) in [6.45, 7) is 6.79. The summed E-state index contributed by atoms with van der Waals surface area (Å²) < 4.78 is 5.43. The van der Waals surface area contributed by atoms with Crippen LogP contribution in [0.3, 0.4) is 0 Å². The number of thiazole rings is 1. The van der Waals surface area contributed by atoms with Crippen molar-refractivity contribution in [2.45, 2.75) is 33.2 Å². The lowest BCUT2D eigenvalue weighted by atomic mass is 10.1. The number of nitrogens with zero attached hydrogens (tertiary/aromatic N) is 5. The molecule has 1 aromatic carbocycles. The first-order valence-corrected chi connectivity index (χ1v) is 10.6. The molecule has 1 atom stereocenters. The largest absolute Gasteiger partial charge is 0.337 e. The number of hydrogen-bond donors (Lipinski definition) is 0. The average Bonchev–Trinajstić information content (AvgIpc) is 3.24. The van der Waals surface area contributed by atoms with Gasteiger partial charge in [-0.1, -0.05) is 23.4 Å². The third-order valence-electron chi connectivity index (χ3n) is 5.09. The van der Waals surface area contributed by atoms with Crippen molar-refractivity contribution in [1.29, 1.82) is 0 Å². The van der Waals surface area contributed by atoms with Crippen molar-refractivity contribution in [2.75, 3.05) is 19.6 Å². The molecular weight excluding hydrogens is 402 g/mol. The molecule has 0 radical (unpaired) electrons. The van der Waals surface area contributed by atoms with Crippen molar-refractivity contribution in [2.24, 2.45) is 0 Å². The van der Waals surface area contributed by atoms with Gasteiger partial charge in [0.1, 0.15) is 10.9 Å². The predicted molar refractivity (Wildman–Crippen MR) is 111 cm³/mol. The van der Waals surface area contributed by atoms with Crippen LogP contribution in [0.5, 0.6) is 0 Å². The van der Waals surface area contributed by atoms with E-state index >= 15 is 0 Å². The van der Waals surface area contributed by atoms with Crippen molar-refractivity contribution in [3.8, 4) is 0 Å². The van der Waals surface area contributed by atoms with Gasteiger partial charge in [-0.05, 0) is 39.3 Å². The van der Waals surface area contributed by atoms with Gasteiger partial charge in [-0.2, -0.15) is 4.98 Å². The summed E-state index contributed by atoms with van der Waals surface area (Å²) in [7, 11) is 0. The molecule has 30 heavy (non-hydrogen) atoms. The van der Waals surface area contributed by atoms with Crippen LogP contribution >= 0.6 is 11.3 Å². The van der Waals surface area contributed by atoms with Gasteiger partial charge in [0.2, 0.25) is 0 Å². The maximum absolute atomic E-state index is 13.3. The minimum atomic E-state index is -0.514. The highest BCUT2D eigenvalue weighted by Gasteiger charge is 2.36. The van der Waals surface area contributed by atoms with E-state index in [1.165, 1.54) is 11.3 Å². The van der Waals surface area contributed by atoms with Crippen LogP contribution < -0.4 is 0 Å². The molecule has 1 fully saturated rings. The topological polar surface area (TPSA) is 92.4 Å². The van der Waals surface area contributed by atoms with Crippen LogP contribution in [0, 0.1) is 20.8 Å². The molecule has 0 saturated carbocycles. The first-order valence-electron chi connectivity index (χ1n) is 9.83. The standard InChI is InChI=1S/C21H23N5O3S/c1-13-18(30-15(3)22-13)21(28)25-10-7-11-26(20(27)16-8-5-4-6-9-16)17(12-25)19-23-14(2)24-29-19/h4-6,8-9,17H,7,10-12H2,1-3H3. The monoisotopic (exact) mass is 425 g/mol. The molecule has 0 N–H and O–H groups in total. The highest BCUT2D eigenvalue weighted by Crippen LogP contribution is 2.28. The van der Waals surface area contributed by atoms with E-state index in [0.29, 0.717) is 41.7 Å². The van der Waals surface area contributed by atoms with E-state index in [1.807, 2.05) is 32.0 Å². The summed E-state index contributed by atoms with van der Waals surface area (Å²) in [6.07, 6.45) is 0.658. The Labute approximate surface area is 178 Å². The van der Waals surface area contributed by atoms with Gasteiger partial charge in [-0.3, -0.25) is 9.59 Å². The van der Waals surface area contributed by atoms with E-state index in [1.54, 1.807) is 28.9 Å². The lowest BCUT2D eigenvalue weighted by Crippen LogP contribution is -2.40. The fourth-order valence-corrected chi connectivity index (χ4v) is 4.58. The number of rotatable bonds is 3. The van der Waals surface area contributed by atoms with Gasteiger partial charge < -0.3 is 14.3 Å². The Morgan fingerprint density at radius 1 is 1.07 bits per heavy atom. The van der Waals surface area contributed by atoms with Crippen LogP contribution in [0.1, 0.15) is 54.9 Å². The normalized spacial score (nSPS) is 17.1. The summed E-state index contributed by atoms with van der Waals surface area (Å²) in [5.41, 5.74) is 1.32. The quantitative estimate of drug-likeness (QED) is 0.640. The number of hydrogen-bond acceptors (Lipinski definition) is 7. The Morgan fingerprint density at radius 3 is 2.47 bits per heavy atom. The summed E-state index contributed by atoms with van der Waals surface area (Å²) in [4.78, 5) is 39.4. The van der Waals surface area contributed by atoms with Gasteiger partial charge in [0.15, 0.2) is 5.82 Å². The highest BCUT2D eigenvalue weighted by atomic mass is 32.1. The van der Waals surface area contributed by atoms with Crippen LogP contribution in [0.4, 0.5) is 0 Å². The third kappa shape index (κ3) is 3.97. The zero-order chi connectivity index (χ0) is 21.3. The molecule has 156 valence electrons. The first-order chi connectivity index (χ1) is 14.4. The Bertz CT molecular complexity index is 1060. The van der Waals surface area contributed by atoms with Crippen LogP contribution in [0.25, 0.3) is 0 Å². The SMILES string of the molecule is Cc1noc(C2CN(C(=O)c3sc(C)nc3C)CCCN2C(=O)c2ccccc2)n1. The molecule has 1 unspecified atom stereocenters. The Balaban J connectivity index is 1.67. The van der Waals surface area contributed by atoms with E-state index in [2.05, 4.69) is 15.1 Å². The van der Waals surface area contributed by atoms with Gasteiger partial charge in [0.05, 0.1) is 17.2 Å². The number of amides is 2. The van der Waals surface area contributed by atoms with E-state index in [-0.39, 0.29) is 18.4 Å². The molecule has 2 amide bonds. The summed E-state index contributed by atoms with van der Waals surface area (Å²) in [6, 6.07) is 8.60. The molecule has 1 aliphatic rings. The fourth-order valence-electron chi connectivity index (χ4n) is 3.69. The lowest BCUT2D eigenvalue weighted by molar-refractivity contribution is 0.0593. The summed E-state index contributed by atoms with van der Waals surface area (Å²) in [5, 5.41) is 4.76. The van der Waals surface area contributed by atoms with E-state index in [0.717, 1.165) is 10.7 Å². The first kappa shape index (κ1) is 20.2. The molecule has 1 aliphatic heterocycles. The van der Waals surface area contributed by atoms with Gasteiger partial charge in [-0.15, -0.1) is 11.3 Å². The number of benzene rings is 1. The summed E-state index contributed by atoms with van der Waals surface area (Å²) in [5.74, 6) is 0.644. The maximum Gasteiger partial charge on any atom is 0.265 e. The van der Waals surface area contributed by atoms with E-state index in [4.69, 9.17) is 4.52 Å². The minimum absolute atomic E-state index is 0.0756. The van der Waals surface area contributed by atoms with Gasteiger partial charge in [-0.25, -0.2) is 4.98 Å². The second-order valence-electron chi connectivity index (χ2n) is 7.31. The average molecular weight is 426 g/mol. The van der Waals surface area contributed by atoms with Crippen LogP contribution in [-0.4, -0.2) is 56.4 Å². The summed E-state index contributed by atoms with van der Waals surface area (Å²) >= 11 is 1.39. The van der Waals surface area contributed by atoms with Crippen molar-refractivity contribution < 1.29 is 14.1 Å². The number of aromatic nitrogens is 3. The molecule has 1 saturated heterocycles. The Morgan fingerprint density at radius 2 is 1.83 bits per heavy atom. The molecule has 2 aromatic heterocycles. The predicted octanol–water partition coefficient (Wildman–Crippen LogP) is 3.18. The fraction of sp³-hybridized carbons (Fsp3) is 0.381. The molecule has 3 aromatic rings. The van der Waals surface area contributed by atoms with Crippen LogP contribution in [0.15, 0.2) is 34.9 Å². The molecule has 3 heterocycles. The van der Waals surface area contributed by atoms with Crippen molar-refractivity contribution in [3.63, 3.8) is 0 Å². The molecular formula is C21H23N5O3S. The van der Waals surface area contributed by atoms with Crippen molar-refractivity contribution in [1.82, 2.24) is 24.9 Å². The Kier molecular flexibility index (Phi) is 5.63. The van der Waals surface area contributed by atoms with Crippen molar-refractivity contribution >= 4 is 23.2 Å². The number of aryl methyl sites for hydroxylation is 3. The van der Waals surface area contributed by atoms with Crippen molar-refractivity contribution in [3.05, 3.63) is 63.2 Å². The molecule has 0 aliphatic carbocycles.